The first kappa shape index (κ1) is 12.8. The maximum Gasteiger partial charge on any atom is 0.269 e. The van der Waals surface area contributed by atoms with Crippen molar-refractivity contribution in [3.63, 3.8) is 0 Å². The Labute approximate surface area is 107 Å². The smallest absolute Gasteiger partial charge is 0.240 e. The minimum atomic E-state index is -3.53. The van der Waals surface area contributed by atoms with Crippen LogP contribution in [0.5, 0.6) is 0 Å². The molecule has 0 spiro atoms. The van der Waals surface area contributed by atoms with Gasteiger partial charge in [0.25, 0.3) is 10.0 Å². The Bertz CT molecular complexity index is 640. The Kier molecular flexibility index (Phi) is 3.26. The summed E-state index contributed by atoms with van der Waals surface area (Å²) >= 11 is 0. The third kappa shape index (κ3) is 2.18. The van der Waals surface area contributed by atoms with Gasteiger partial charge in [-0.1, -0.05) is 31.5 Å². The van der Waals surface area contributed by atoms with Crippen LogP contribution in [-0.4, -0.2) is 17.4 Å². The number of aryl methyl sites for hydroxylation is 1. The zero-order valence-corrected chi connectivity index (χ0v) is 11.5. The van der Waals surface area contributed by atoms with Crippen molar-refractivity contribution in [2.75, 3.05) is 0 Å². The molecule has 1 heterocycles. The summed E-state index contributed by atoms with van der Waals surface area (Å²) in [6, 6.07) is 6.82. The quantitative estimate of drug-likeness (QED) is 0.856. The molecule has 2 aromatic rings. The molecule has 0 saturated carbocycles. The summed E-state index contributed by atoms with van der Waals surface area (Å²) in [4.78, 5) is 4.39. The van der Waals surface area contributed by atoms with Gasteiger partial charge in [0.05, 0.1) is 4.90 Å². The molecule has 0 aliphatic rings. The second-order valence-corrected chi connectivity index (χ2v) is 6.37. The molecule has 0 amide bonds. The average molecular weight is 264 g/mol. The van der Waals surface area contributed by atoms with Gasteiger partial charge < -0.3 is 0 Å². The van der Waals surface area contributed by atoms with Crippen molar-refractivity contribution in [2.24, 2.45) is 0 Å². The molecule has 0 fully saturated rings. The van der Waals surface area contributed by atoms with Gasteiger partial charge in [0.1, 0.15) is 5.82 Å². The summed E-state index contributed by atoms with van der Waals surface area (Å²) in [5.74, 6) is 0.607. The number of hydrogen-bond acceptors (Lipinski definition) is 3. The van der Waals surface area contributed by atoms with Crippen LogP contribution in [0.25, 0.3) is 0 Å². The van der Waals surface area contributed by atoms with Gasteiger partial charge in [0.2, 0.25) is 0 Å². The van der Waals surface area contributed by atoms with Crippen LogP contribution in [0, 0.1) is 6.92 Å². The van der Waals surface area contributed by atoms with Gasteiger partial charge in [0, 0.05) is 18.3 Å². The van der Waals surface area contributed by atoms with Crippen LogP contribution >= 0.6 is 0 Å². The molecule has 4 nitrogen and oxygen atoms in total. The molecule has 0 radical (unpaired) electrons. The first-order valence-electron chi connectivity index (χ1n) is 5.78. The third-order valence-corrected chi connectivity index (χ3v) is 4.42. The first-order chi connectivity index (χ1) is 8.43. The van der Waals surface area contributed by atoms with E-state index in [0.29, 0.717) is 5.82 Å². The molecule has 0 aliphatic heterocycles. The maximum atomic E-state index is 12.5. The monoisotopic (exact) mass is 264 g/mol. The van der Waals surface area contributed by atoms with E-state index in [0.717, 1.165) is 5.56 Å². The molecule has 1 aromatic heterocycles. The minimum absolute atomic E-state index is 0.0558. The molecule has 96 valence electrons. The van der Waals surface area contributed by atoms with E-state index >= 15 is 0 Å². The molecule has 0 aliphatic carbocycles. The Morgan fingerprint density at radius 1 is 1.17 bits per heavy atom. The predicted molar refractivity (Wildman–Crippen MR) is 70.1 cm³/mol. The zero-order chi connectivity index (χ0) is 13.3. The summed E-state index contributed by atoms with van der Waals surface area (Å²) in [7, 11) is -3.53. The number of hydrogen-bond donors (Lipinski definition) is 0. The summed E-state index contributed by atoms with van der Waals surface area (Å²) < 4.78 is 26.2. The van der Waals surface area contributed by atoms with Crippen molar-refractivity contribution in [1.29, 1.82) is 0 Å². The highest BCUT2D eigenvalue weighted by Crippen LogP contribution is 2.20. The van der Waals surface area contributed by atoms with Crippen LogP contribution in [0.2, 0.25) is 0 Å². The molecule has 5 heteroatoms. The van der Waals surface area contributed by atoms with Gasteiger partial charge in [-0.05, 0) is 19.1 Å². The average Bonchev–Trinajstić information content (AvgIpc) is 2.79. The number of nitrogens with zero attached hydrogens (tertiary/aromatic N) is 2. The van der Waals surface area contributed by atoms with Gasteiger partial charge in [-0.3, -0.25) is 0 Å². The summed E-state index contributed by atoms with van der Waals surface area (Å²) in [5.41, 5.74) is 1.03. The van der Waals surface area contributed by atoms with Crippen LogP contribution < -0.4 is 0 Å². The second-order valence-electron chi connectivity index (χ2n) is 4.55. The first-order valence-corrected chi connectivity index (χ1v) is 7.22. The van der Waals surface area contributed by atoms with E-state index in [2.05, 4.69) is 4.98 Å². The van der Waals surface area contributed by atoms with Gasteiger partial charge in [-0.25, -0.2) is 17.4 Å². The topological polar surface area (TPSA) is 52.0 Å². The van der Waals surface area contributed by atoms with Crippen molar-refractivity contribution in [3.8, 4) is 0 Å². The Morgan fingerprint density at radius 3 is 2.33 bits per heavy atom. The van der Waals surface area contributed by atoms with Crippen LogP contribution in [0.1, 0.15) is 31.2 Å². The molecule has 1 aromatic carbocycles. The number of imidazole rings is 1. The highest BCUT2D eigenvalue weighted by Gasteiger charge is 2.21. The second kappa shape index (κ2) is 4.57. The molecule has 0 N–H and O–H groups in total. The molecule has 18 heavy (non-hydrogen) atoms. The molecule has 0 bridgehead atoms. The van der Waals surface area contributed by atoms with Crippen molar-refractivity contribution < 1.29 is 8.42 Å². The van der Waals surface area contributed by atoms with Crippen LogP contribution in [0.3, 0.4) is 0 Å². The predicted octanol–water partition coefficient (Wildman–Crippen LogP) is 2.55. The fourth-order valence-electron chi connectivity index (χ4n) is 1.73. The highest BCUT2D eigenvalue weighted by molar-refractivity contribution is 7.90. The number of aromatic nitrogens is 2. The summed E-state index contributed by atoms with van der Waals surface area (Å²) in [5, 5.41) is 0. The molecule has 0 atom stereocenters. The zero-order valence-electron chi connectivity index (χ0n) is 10.7. The molecular weight excluding hydrogens is 248 g/mol. The van der Waals surface area contributed by atoms with Gasteiger partial charge in [0.15, 0.2) is 0 Å². The lowest BCUT2D eigenvalue weighted by molar-refractivity contribution is 0.581. The standard InChI is InChI=1S/C13H16N2O2S/c1-10(2)13-14-8-9-15(13)18(16,17)12-6-4-11(3)5-7-12/h4-10H,1-3H3. The van der Waals surface area contributed by atoms with Crippen molar-refractivity contribution >= 4 is 10.0 Å². The number of rotatable bonds is 3. The summed E-state index contributed by atoms with van der Waals surface area (Å²) in [6.45, 7) is 5.76. The Hall–Kier alpha value is -1.62. The third-order valence-electron chi connectivity index (χ3n) is 2.73. The van der Waals surface area contributed by atoms with Crippen LogP contribution in [0.4, 0.5) is 0 Å². The molecule has 0 unspecified atom stereocenters. The Morgan fingerprint density at radius 2 is 1.78 bits per heavy atom. The normalized spacial score (nSPS) is 12.0. The van der Waals surface area contributed by atoms with Crippen molar-refractivity contribution in [2.45, 2.75) is 31.6 Å². The maximum absolute atomic E-state index is 12.5. The fraction of sp³-hybridized carbons (Fsp3) is 0.308. The molecule has 2 rings (SSSR count). The minimum Gasteiger partial charge on any atom is -0.240 e. The van der Waals surface area contributed by atoms with Gasteiger partial charge >= 0.3 is 0 Å². The van der Waals surface area contributed by atoms with E-state index < -0.39 is 10.0 Å². The van der Waals surface area contributed by atoms with E-state index in [4.69, 9.17) is 0 Å². The van der Waals surface area contributed by atoms with Gasteiger partial charge in [-0.2, -0.15) is 0 Å². The van der Waals surface area contributed by atoms with Crippen molar-refractivity contribution in [3.05, 3.63) is 48.0 Å². The van der Waals surface area contributed by atoms with E-state index in [1.807, 2.05) is 20.8 Å². The lowest BCUT2D eigenvalue weighted by Gasteiger charge is -2.11. The highest BCUT2D eigenvalue weighted by atomic mass is 32.2. The lowest BCUT2D eigenvalue weighted by Crippen LogP contribution is -2.16. The SMILES string of the molecule is Cc1ccc(S(=O)(=O)n2ccnc2C(C)C)cc1. The molecule has 0 saturated heterocycles. The van der Waals surface area contributed by atoms with Crippen LogP contribution in [0.15, 0.2) is 41.6 Å². The Balaban J connectivity index is 2.55. The van der Waals surface area contributed by atoms with E-state index in [9.17, 15) is 8.42 Å². The van der Waals surface area contributed by atoms with E-state index in [1.165, 1.54) is 16.4 Å². The van der Waals surface area contributed by atoms with Crippen LogP contribution in [-0.2, 0) is 10.0 Å². The van der Waals surface area contributed by atoms with Gasteiger partial charge in [-0.15, -0.1) is 0 Å². The lowest BCUT2D eigenvalue weighted by atomic mass is 10.2. The van der Waals surface area contributed by atoms with Crippen molar-refractivity contribution in [1.82, 2.24) is 8.96 Å². The summed E-state index contributed by atoms with van der Waals surface area (Å²) in [6.07, 6.45) is 3.01. The van der Waals surface area contributed by atoms with E-state index in [-0.39, 0.29) is 10.8 Å². The number of benzene rings is 1. The molecular formula is C13H16N2O2S. The van der Waals surface area contributed by atoms with E-state index in [1.54, 1.807) is 24.3 Å². The largest absolute Gasteiger partial charge is 0.269 e. The fourth-order valence-corrected chi connectivity index (χ4v) is 3.16.